The average molecular weight is 410 g/mol. The Morgan fingerprint density at radius 3 is 2.65 bits per heavy atom. The Morgan fingerprint density at radius 2 is 2.05 bits per heavy atom. The van der Waals surface area contributed by atoms with Crippen LogP contribution >= 0.6 is 15.9 Å². The molecule has 1 aliphatic heterocycles. The topological polar surface area (TPSA) is 3.24 Å². The molecule has 1 nitrogen and oxygen atoms in total. The number of hydrogen-bond donors (Lipinski definition) is 0. The van der Waals surface area contributed by atoms with E-state index in [1.54, 1.807) is 6.07 Å². The SMILES string of the molecule is C=C1C(Br)=C[C-]=C(c2ccc(F)cc2CC)N1CC.[Y]. The van der Waals surface area contributed by atoms with Crippen LogP contribution in [0.1, 0.15) is 25.0 Å². The van der Waals surface area contributed by atoms with E-state index in [0.717, 1.165) is 40.0 Å². The van der Waals surface area contributed by atoms with Crippen LogP contribution in [0.2, 0.25) is 0 Å². The summed E-state index contributed by atoms with van der Waals surface area (Å²) in [4.78, 5) is 2.08. The molecule has 2 rings (SSSR count). The Hall–Kier alpha value is -0.246. The molecule has 0 atom stereocenters. The predicted octanol–water partition coefficient (Wildman–Crippen LogP) is 4.66. The average Bonchev–Trinajstić information content (AvgIpc) is 2.41. The summed E-state index contributed by atoms with van der Waals surface area (Å²) in [5, 5.41) is 0. The van der Waals surface area contributed by atoms with Gasteiger partial charge in [-0.2, -0.15) is 12.2 Å². The quantitative estimate of drug-likeness (QED) is 0.656. The molecule has 1 heterocycles. The van der Waals surface area contributed by atoms with Gasteiger partial charge in [0, 0.05) is 39.3 Å². The van der Waals surface area contributed by atoms with E-state index in [4.69, 9.17) is 0 Å². The Labute approximate surface area is 153 Å². The molecule has 0 N–H and O–H groups in total. The number of rotatable bonds is 3. The summed E-state index contributed by atoms with van der Waals surface area (Å²) in [5.41, 5.74) is 3.86. The minimum absolute atomic E-state index is 0. The molecule has 0 bridgehead atoms. The van der Waals surface area contributed by atoms with E-state index in [0.29, 0.717) is 0 Å². The van der Waals surface area contributed by atoms with Crippen molar-refractivity contribution in [3.05, 3.63) is 64.1 Å². The molecule has 0 fully saturated rings. The van der Waals surface area contributed by atoms with Crippen molar-refractivity contribution < 1.29 is 37.1 Å². The van der Waals surface area contributed by atoms with Gasteiger partial charge in [-0.15, -0.1) is 22.0 Å². The first kappa shape index (κ1) is 17.8. The Kier molecular flexibility index (Phi) is 6.83. The van der Waals surface area contributed by atoms with Crippen molar-refractivity contribution in [2.45, 2.75) is 20.3 Å². The van der Waals surface area contributed by atoms with Gasteiger partial charge in [-0.1, -0.05) is 34.8 Å². The van der Waals surface area contributed by atoms with Gasteiger partial charge in [0.05, 0.1) is 0 Å². The number of halogens is 2. The summed E-state index contributed by atoms with van der Waals surface area (Å²) in [6.07, 6.45) is 5.91. The molecule has 0 aromatic heterocycles. The molecule has 0 saturated carbocycles. The van der Waals surface area contributed by atoms with E-state index in [1.807, 2.05) is 19.1 Å². The number of likely N-dealkylation sites (N-methyl/N-ethyl adjacent to an activating group) is 1. The maximum absolute atomic E-state index is 13.3. The number of allylic oxidation sites excluding steroid dienone is 3. The van der Waals surface area contributed by atoms with Crippen LogP contribution in [0.15, 0.2) is 41.0 Å². The zero-order valence-electron chi connectivity index (χ0n) is 11.7. The van der Waals surface area contributed by atoms with Gasteiger partial charge >= 0.3 is 0 Å². The molecular weight excluding hydrogens is 394 g/mol. The molecule has 0 amide bonds. The van der Waals surface area contributed by atoms with Gasteiger partial charge in [-0.25, -0.2) is 4.39 Å². The van der Waals surface area contributed by atoms with Gasteiger partial charge in [0.15, 0.2) is 0 Å². The van der Waals surface area contributed by atoms with E-state index in [1.165, 1.54) is 6.07 Å². The zero-order valence-corrected chi connectivity index (χ0v) is 16.1. The van der Waals surface area contributed by atoms with Gasteiger partial charge < -0.3 is 4.90 Å². The minimum atomic E-state index is -0.199. The molecule has 1 aromatic rings. The molecule has 1 aromatic carbocycles. The molecule has 4 heteroatoms. The third-order valence-corrected chi connectivity index (χ3v) is 3.91. The summed E-state index contributed by atoms with van der Waals surface area (Å²) in [5.74, 6) is -0.199. The van der Waals surface area contributed by atoms with Crippen LogP contribution in [0.3, 0.4) is 0 Å². The predicted molar refractivity (Wildman–Crippen MR) is 81.0 cm³/mol. The van der Waals surface area contributed by atoms with Crippen LogP contribution in [0.4, 0.5) is 4.39 Å². The summed E-state index contributed by atoms with van der Waals surface area (Å²) in [6, 6.07) is 4.90. The summed E-state index contributed by atoms with van der Waals surface area (Å²) in [7, 11) is 0. The molecule has 103 valence electrons. The maximum Gasteiger partial charge on any atom is 0.121 e. The van der Waals surface area contributed by atoms with Crippen LogP contribution in [-0.2, 0) is 39.1 Å². The standard InChI is InChI=1S/C16H16BrFN.Y/c1-4-12-10-13(18)6-7-14(12)16-9-8-15(17)11(3)19(16)5-2;/h6-8,10H,3-5H2,1-2H3;/q-1;. The normalized spacial score (nSPS) is 14.6. The molecule has 0 saturated heterocycles. The van der Waals surface area contributed by atoms with E-state index < -0.39 is 0 Å². The van der Waals surface area contributed by atoms with E-state index in [9.17, 15) is 4.39 Å². The fourth-order valence-corrected chi connectivity index (χ4v) is 2.54. The van der Waals surface area contributed by atoms with Crippen molar-refractivity contribution in [3.63, 3.8) is 0 Å². The largest absolute Gasteiger partial charge is 0.375 e. The maximum atomic E-state index is 13.3. The van der Waals surface area contributed by atoms with Crippen molar-refractivity contribution in [1.29, 1.82) is 0 Å². The Morgan fingerprint density at radius 1 is 1.35 bits per heavy atom. The van der Waals surface area contributed by atoms with Gasteiger partial charge in [0.2, 0.25) is 0 Å². The van der Waals surface area contributed by atoms with E-state index in [-0.39, 0.29) is 38.5 Å². The number of hydrogen-bond acceptors (Lipinski definition) is 1. The smallest absolute Gasteiger partial charge is 0.121 e. The second kappa shape index (κ2) is 7.67. The molecule has 20 heavy (non-hydrogen) atoms. The summed E-state index contributed by atoms with van der Waals surface area (Å²) in [6.45, 7) is 8.96. The van der Waals surface area contributed by atoms with Crippen LogP contribution in [0.5, 0.6) is 0 Å². The molecule has 0 unspecified atom stereocenters. The van der Waals surface area contributed by atoms with Crippen molar-refractivity contribution in [2.24, 2.45) is 0 Å². The van der Waals surface area contributed by atoms with Crippen LogP contribution in [0.25, 0.3) is 5.70 Å². The Balaban J connectivity index is 0.00000200. The van der Waals surface area contributed by atoms with Gasteiger partial charge in [0.1, 0.15) is 5.82 Å². The first-order valence-electron chi connectivity index (χ1n) is 6.33. The molecule has 0 spiro atoms. The number of benzene rings is 1. The first-order valence-corrected chi connectivity index (χ1v) is 7.12. The summed E-state index contributed by atoms with van der Waals surface area (Å²) >= 11 is 3.47. The third-order valence-electron chi connectivity index (χ3n) is 3.23. The fourth-order valence-electron chi connectivity index (χ4n) is 2.21. The van der Waals surface area contributed by atoms with Gasteiger partial charge in [0.25, 0.3) is 0 Å². The first-order chi connectivity index (χ1) is 9.08. The third kappa shape index (κ3) is 3.50. The van der Waals surface area contributed by atoms with Crippen LogP contribution in [0, 0.1) is 11.9 Å². The molecular formula is C16H16BrFNY-. The fraction of sp³-hybridized carbons (Fsp3) is 0.250. The monoisotopic (exact) mass is 409 g/mol. The minimum Gasteiger partial charge on any atom is -0.375 e. The second-order valence-corrected chi connectivity index (χ2v) is 5.19. The zero-order chi connectivity index (χ0) is 14.0. The number of aryl methyl sites for hydroxylation is 1. The van der Waals surface area contributed by atoms with Crippen molar-refractivity contribution in [3.8, 4) is 0 Å². The van der Waals surface area contributed by atoms with Crippen molar-refractivity contribution >= 4 is 21.6 Å². The number of nitrogens with zero attached hydrogens (tertiary/aromatic N) is 1. The van der Waals surface area contributed by atoms with Gasteiger partial charge in [-0.3, -0.25) is 0 Å². The summed E-state index contributed by atoms with van der Waals surface area (Å²) < 4.78 is 14.3. The second-order valence-electron chi connectivity index (χ2n) is 4.33. The van der Waals surface area contributed by atoms with Gasteiger partial charge in [-0.05, 0) is 31.2 Å². The Bertz CT molecular complexity index is 578. The van der Waals surface area contributed by atoms with Crippen molar-refractivity contribution in [2.75, 3.05) is 6.54 Å². The molecule has 1 aliphatic rings. The molecule has 0 aliphatic carbocycles. The molecule has 1 radical (unpaired) electrons. The van der Waals surface area contributed by atoms with Crippen molar-refractivity contribution in [1.82, 2.24) is 4.90 Å². The van der Waals surface area contributed by atoms with E-state index in [2.05, 4.69) is 40.4 Å². The van der Waals surface area contributed by atoms with E-state index >= 15 is 0 Å². The van der Waals surface area contributed by atoms with Crippen LogP contribution < -0.4 is 0 Å². The van der Waals surface area contributed by atoms with Crippen LogP contribution in [-0.4, -0.2) is 11.4 Å².